The van der Waals surface area contributed by atoms with Crippen LogP contribution in [0.3, 0.4) is 0 Å². The van der Waals surface area contributed by atoms with Crippen LogP contribution in [0.4, 0.5) is 0 Å². The molecule has 164 valence electrons. The summed E-state index contributed by atoms with van der Waals surface area (Å²) in [6, 6.07) is 4.43. The van der Waals surface area contributed by atoms with Crippen molar-refractivity contribution in [3.63, 3.8) is 0 Å². The lowest BCUT2D eigenvalue weighted by Crippen LogP contribution is -2.16. The van der Waals surface area contributed by atoms with Gasteiger partial charge < -0.3 is 9.47 Å². The van der Waals surface area contributed by atoms with Gasteiger partial charge in [-0.15, -0.1) is 0 Å². The van der Waals surface area contributed by atoms with Crippen molar-refractivity contribution < 1.29 is 9.47 Å². The zero-order valence-corrected chi connectivity index (χ0v) is 18.3. The van der Waals surface area contributed by atoms with Gasteiger partial charge in [-0.2, -0.15) is 10.4 Å². The Morgan fingerprint density at radius 1 is 1.19 bits per heavy atom. The number of nitrogens with zero attached hydrogens (tertiary/aromatic N) is 6. The summed E-state index contributed by atoms with van der Waals surface area (Å²) < 4.78 is 15.3. The number of aromatic nitrogens is 5. The van der Waals surface area contributed by atoms with Gasteiger partial charge in [0.25, 0.3) is 0 Å². The minimum absolute atomic E-state index is 0.101. The number of rotatable bonds is 10. The van der Waals surface area contributed by atoms with E-state index >= 15 is 0 Å². The zero-order valence-electron chi connectivity index (χ0n) is 18.3. The fraction of sp³-hybridized carbons (Fsp3) is 0.565. The van der Waals surface area contributed by atoms with E-state index in [2.05, 4.69) is 21.1 Å². The molecule has 8 nitrogen and oxygen atoms in total. The summed E-state index contributed by atoms with van der Waals surface area (Å²) in [5.41, 5.74) is 2.49. The van der Waals surface area contributed by atoms with E-state index in [1.807, 2.05) is 47.8 Å². The first-order valence-corrected chi connectivity index (χ1v) is 11.2. The number of fused-ring (bicyclic) bond motifs is 1. The van der Waals surface area contributed by atoms with Crippen LogP contribution in [0, 0.1) is 17.2 Å². The number of hydrogen-bond acceptors (Lipinski definition) is 6. The largest absolute Gasteiger partial charge is 0.335 e. The molecule has 1 unspecified atom stereocenters. The van der Waals surface area contributed by atoms with Crippen molar-refractivity contribution in [1.29, 1.82) is 5.26 Å². The third kappa shape index (κ3) is 4.63. The number of hydrogen-bond donors (Lipinski definition) is 0. The smallest absolute Gasteiger partial charge is 0.245 e. The quantitative estimate of drug-likeness (QED) is 0.433. The second kappa shape index (κ2) is 10.0. The molecular formula is C23H30N6O2. The van der Waals surface area contributed by atoms with Crippen LogP contribution in [-0.4, -0.2) is 37.5 Å². The van der Waals surface area contributed by atoms with Crippen LogP contribution in [-0.2, 0) is 9.47 Å². The van der Waals surface area contributed by atoms with Crippen molar-refractivity contribution in [2.75, 3.05) is 13.2 Å². The van der Waals surface area contributed by atoms with Gasteiger partial charge in [0.05, 0.1) is 30.4 Å². The maximum atomic E-state index is 9.34. The van der Waals surface area contributed by atoms with Crippen LogP contribution < -0.4 is 0 Å². The zero-order chi connectivity index (χ0) is 21.6. The summed E-state index contributed by atoms with van der Waals surface area (Å²) >= 11 is 0. The molecule has 1 atom stereocenters. The lowest BCUT2D eigenvalue weighted by Gasteiger charge is -2.19. The van der Waals surface area contributed by atoms with E-state index in [1.54, 1.807) is 6.33 Å². The molecule has 0 amide bonds. The van der Waals surface area contributed by atoms with Crippen LogP contribution in [0.5, 0.6) is 0 Å². The first kappa shape index (κ1) is 21.5. The second-order valence-corrected chi connectivity index (χ2v) is 8.01. The lowest BCUT2D eigenvalue weighted by molar-refractivity contribution is -0.183. The molecule has 8 heteroatoms. The summed E-state index contributed by atoms with van der Waals surface area (Å²) in [5, 5.41) is 14.9. The van der Waals surface area contributed by atoms with Gasteiger partial charge in [-0.25, -0.2) is 9.97 Å². The summed E-state index contributed by atoms with van der Waals surface area (Å²) in [5.74, 6) is 0.694. The van der Waals surface area contributed by atoms with Gasteiger partial charge in [-0.3, -0.25) is 9.25 Å². The number of ether oxygens (including phenoxy) is 2. The van der Waals surface area contributed by atoms with E-state index in [4.69, 9.17) is 9.47 Å². The van der Waals surface area contributed by atoms with Crippen LogP contribution in [0.2, 0.25) is 0 Å². The molecule has 31 heavy (non-hydrogen) atoms. The Balaban J connectivity index is 1.63. The van der Waals surface area contributed by atoms with Gasteiger partial charge in [-0.1, -0.05) is 25.7 Å². The minimum Gasteiger partial charge on any atom is -0.335 e. The van der Waals surface area contributed by atoms with Gasteiger partial charge >= 0.3 is 0 Å². The van der Waals surface area contributed by atoms with Gasteiger partial charge in [0.15, 0.2) is 0 Å². The molecule has 1 fully saturated rings. The van der Waals surface area contributed by atoms with Crippen molar-refractivity contribution in [1.82, 2.24) is 24.3 Å². The van der Waals surface area contributed by atoms with Crippen molar-refractivity contribution in [2.45, 2.75) is 64.8 Å². The van der Waals surface area contributed by atoms with Crippen LogP contribution >= 0.6 is 0 Å². The van der Waals surface area contributed by atoms with Crippen molar-refractivity contribution in [2.24, 2.45) is 5.92 Å². The van der Waals surface area contributed by atoms with Gasteiger partial charge in [0.1, 0.15) is 12.0 Å². The Labute approximate surface area is 182 Å². The first-order chi connectivity index (χ1) is 15.2. The van der Waals surface area contributed by atoms with Gasteiger partial charge in [-0.05, 0) is 32.3 Å². The van der Waals surface area contributed by atoms with E-state index in [9.17, 15) is 5.26 Å². The molecule has 0 saturated heterocycles. The highest BCUT2D eigenvalue weighted by Gasteiger charge is 2.23. The monoisotopic (exact) mass is 422 g/mol. The molecule has 1 aliphatic carbocycles. The SMILES string of the molecule is CCOC(OCC)n1ccc2c(-c3cnn(C(CC#N)CC4CCCC4)c3)ncnc21. The van der Waals surface area contributed by atoms with Crippen molar-refractivity contribution in [3.05, 3.63) is 31.0 Å². The molecule has 4 rings (SSSR count). The van der Waals surface area contributed by atoms with E-state index < -0.39 is 6.41 Å². The highest BCUT2D eigenvalue weighted by molar-refractivity contribution is 5.90. The van der Waals surface area contributed by atoms with Crippen LogP contribution in [0.1, 0.15) is 64.8 Å². The molecular weight excluding hydrogens is 392 g/mol. The normalized spacial score (nSPS) is 15.7. The Morgan fingerprint density at radius 2 is 1.97 bits per heavy atom. The highest BCUT2D eigenvalue weighted by atomic mass is 16.7. The molecule has 3 heterocycles. The second-order valence-electron chi connectivity index (χ2n) is 8.01. The molecule has 0 bridgehead atoms. The molecule has 3 aromatic rings. The van der Waals surface area contributed by atoms with Crippen LogP contribution in [0.15, 0.2) is 31.0 Å². The van der Waals surface area contributed by atoms with Gasteiger partial charge in [0.2, 0.25) is 6.41 Å². The molecule has 3 aromatic heterocycles. The lowest BCUT2D eigenvalue weighted by atomic mass is 9.97. The Morgan fingerprint density at radius 3 is 2.68 bits per heavy atom. The number of nitriles is 1. The summed E-state index contributed by atoms with van der Waals surface area (Å²) in [6.07, 6.45) is 13.4. The van der Waals surface area contributed by atoms with Gasteiger partial charge in [0, 0.05) is 36.6 Å². The molecule has 0 N–H and O–H groups in total. The standard InChI is InChI=1S/C23H30N6O2/c1-3-30-23(31-4-2)28-12-10-20-21(25-16-26-22(20)28)18-14-27-29(15-18)19(9-11-24)13-17-7-5-6-8-17/h10,12,14-17,19,23H,3-9,13H2,1-2H3. The maximum Gasteiger partial charge on any atom is 0.245 e. The van der Waals surface area contributed by atoms with E-state index in [0.717, 1.165) is 28.7 Å². The summed E-state index contributed by atoms with van der Waals surface area (Å²) in [7, 11) is 0. The average molecular weight is 423 g/mol. The minimum atomic E-state index is -0.524. The summed E-state index contributed by atoms with van der Waals surface area (Å²) in [6.45, 7) is 4.96. The third-order valence-corrected chi connectivity index (χ3v) is 6.01. The van der Waals surface area contributed by atoms with Crippen molar-refractivity contribution >= 4 is 11.0 Å². The predicted octanol–water partition coefficient (Wildman–Crippen LogP) is 4.86. The highest BCUT2D eigenvalue weighted by Crippen LogP contribution is 2.34. The third-order valence-electron chi connectivity index (χ3n) is 6.01. The maximum absolute atomic E-state index is 9.34. The molecule has 0 radical (unpaired) electrons. The van der Waals surface area contributed by atoms with E-state index in [-0.39, 0.29) is 6.04 Å². The Hall–Kier alpha value is -2.76. The molecule has 1 saturated carbocycles. The van der Waals surface area contributed by atoms with E-state index in [0.29, 0.717) is 25.6 Å². The molecule has 0 aromatic carbocycles. The summed E-state index contributed by atoms with van der Waals surface area (Å²) in [4.78, 5) is 9.01. The first-order valence-electron chi connectivity index (χ1n) is 11.2. The van der Waals surface area contributed by atoms with Crippen molar-refractivity contribution in [3.8, 4) is 17.3 Å². The topological polar surface area (TPSA) is 90.8 Å². The molecule has 0 aliphatic heterocycles. The van der Waals surface area contributed by atoms with Crippen LogP contribution in [0.25, 0.3) is 22.3 Å². The molecule has 0 spiro atoms. The van der Waals surface area contributed by atoms with E-state index in [1.165, 1.54) is 25.7 Å². The predicted molar refractivity (Wildman–Crippen MR) is 117 cm³/mol. The molecule has 1 aliphatic rings. The Bertz CT molecular complexity index is 1020. The Kier molecular flexibility index (Phi) is 6.95. The average Bonchev–Trinajstić information content (AvgIpc) is 3.53. The fourth-order valence-corrected chi connectivity index (χ4v) is 4.55. The fourth-order valence-electron chi connectivity index (χ4n) is 4.55.